The summed E-state index contributed by atoms with van der Waals surface area (Å²) >= 11 is 1.45. The Morgan fingerprint density at radius 1 is 1.29 bits per heavy atom. The molecule has 24 heavy (non-hydrogen) atoms. The molecular weight excluding hydrogens is 322 g/mol. The number of carbonyl (C=O) groups excluding carboxylic acids is 1. The highest BCUT2D eigenvalue weighted by atomic mass is 32.1. The Kier molecular flexibility index (Phi) is 5.87. The van der Waals surface area contributed by atoms with Crippen molar-refractivity contribution in [3.8, 4) is 0 Å². The highest BCUT2D eigenvalue weighted by Gasteiger charge is 2.14. The van der Waals surface area contributed by atoms with E-state index < -0.39 is 11.9 Å². The number of aryl methyl sites for hydroxylation is 1. The molecule has 0 unspecified atom stereocenters. The van der Waals surface area contributed by atoms with Gasteiger partial charge in [-0.1, -0.05) is 30.9 Å². The second kappa shape index (κ2) is 8.08. The number of carboxylic acids is 1. The number of thiophene rings is 1. The van der Waals surface area contributed by atoms with Crippen LogP contribution < -0.4 is 5.32 Å². The average Bonchev–Trinajstić information content (AvgIpc) is 3.06. The van der Waals surface area contributed by atoms with Gasteiger partial charge >= 0.3 is 5.97 Å². The molecule has 0 saturated heterocycles. The van der Waals surface area contributed by atoms with Crippen molar-refractivity contribution in [3.63, 3.8) is 0 Å². The number of allylic oxidation sites excluding steroid dienone is 2. The van der Waals surface area contributed by atoms with Gasteiger partial charge in [-0.2, -0.15) is 11.3 Å². The van der Waals surface area contributed by atoms with Crippen molar-refractivity contribution in [3.05, 3.63) is 81.7 Å². The van der Waals surface area contributed by atoms with Gasteiger partial charge in [0.1, 0.15) is 5.70 Å². The van der Waals surface area contributed by atoms with Gasteiger partial charge in [0.15, 0.2) is 0 Å². The van der Waals surface area contributed by atoms with Crippen LogP contribution in [0.2, 0.25) is 0 Å². The average molecular weight is 339 g/mol. The number of rotatable bonds is 6. The van der Waals surface area contributed by atoms with Gasteiger partial charge in [-0.15, -0.1) is 0 Å². The summed E-state index contributed by atoms with van der Waals surface area (Å²) in [5.41, 5.74) is 2.87. The Morgan fingerprint density at radius 2 is 2.08 bits per heavy atom. The molecule has 0 aliphatic carbocycles. The first-order chi connectivity index (χ1) is 11.5. The number of hydrogen-bond donors (Lipinski definition) is 2. The molecule has 0 spiro atoms. The molecule has 1 heterocycles. The first-order valence-electron chi connectivity index (χ1n) is 7.19. The Hall–Kier alpha value is -2.92. The maximum atomic E-state index is 12.3. The number of benzene rings is 1. The molecule has 2 rings (SSSR count). The van der Waals surface area contributed by atoms with E-state index in [1.807, 2.05) is 30.5 Å². The molecule has 0 fully saturated rings. The van der Waals surface area contributed by atoms with Gasteiger partial charge < -0.3 is 10.4 Å². The van der Waals surface area contributed by atoms with Gasteiger partial charge in [0, 0.05) is 5.56 Å². The Labute approximate surface area is 144 Å². The van der Waals surface area contributed by atoms with Crippen LogP contribution in [0, 0.1) is 6.92 Å². The highest BCUT2D eigenvalue weighted by molar-refractivity contribution is 7.08. The molecule has 2 N–H and O–H groups in total. The Balaban J connectivity index is 2.21. The summed E-state index contributed by atoms with van der Waals surface area (Å²) in [5, 5.41) is 15.4. The topological polar surface area (TPSA) is 66.4 Å². The van der Waals surface area contributed by atoms with Crippen molar-refractivity contribution >= 4 is 35.4 Å². The van der Waals surface area contributed by atoms with Crippen LogP contribution in [0.15, 0.2) is 59.5 Å². The molecule has 1 aromatic heterocycles. The molecule has 2 aromatic rings. The molecule has 5 heteroatoms. The van der Waals surface area contributed by atoms with Crippen molar-refractivity contribution in [2.24, 2.45) is 0 Å². The Bertz CT molecular complexity index is 817. The number of nitrogens with one attached hydrogen (secondary N) is 1. The summed E-state index contributed by atoms with van der Waals surface area (Å²) < 4.78 is 0. The van der Waals surface area contributed by atoms with Crippen LogP contribution in [-0.2, 0) is 4.79 Å². The summed E-state index contributed by atoms with van der Waals surface area (Å²) in [6.45, 7) is 5.51. The predicted molar refractivity (Wildman–Crippen MR) is 97.8 cm³/mol. The maximum absolute atomic E-state index is 12.3. The lowest BCUT2D eigenvalue weighted by atomic mass is 10.0. The monoisotopic (exact) mass is 339 g/mol. The molecule has 122 valence electrons. The third-order valence-electron chi connectivity index (χ3n) is 3.28. The summed E-state index contributed by atoms with van der Waals surface area (Å²) in [6, 6.07) is 6.98. The SMILES string of the molecule is C=C/C=C\c1ccc(C(=O)N/C(=C/c2ccsc2)C(=O)O)cc1C. The number of hydrogen-bond acceptors (Lipinski definition) is 3. The molecule has 0 radical (unpaired) electrons. The predicted octanol–water partition coefficient (Wildman–Crippen LogP) is 4.11. The van der Waals surface area contributed by atoms with Gasteiger partial charge in [0.25, 0.3) is 5.91 Å². The van der Waals surface area contributed by atoms with E-state index >= 15 is 0 Å². The van der Waals surface area contributed by atoms with Crippen LogP contribution in [0.25, 0.3) is 12.2 Å². The van der Waals surface area contributed by atoms with Crippen LogP contribution in [0.4, 0.5) is 0 Å². The number of aliphatic carboxylic acids is 1. The van der Waals surface area contributed by atoms with Gasteiger partial charge in [0.2, 0.25) is 0 Å². The lowest BCUT2D eigenvalue weighted by Crippen LogP contribution is -2.27. The van der Waals surface area contributed by atoms with E-state index in [2.05, 4.69) is 11.9 Å². The Morgan fingerprint density at radius 3 is 2.67 bits per heavy atom. The normalized spacial score (nSPS) is 11.5. The van der Waals surface area contributed by atoms with Crippen LogP contribution >= 0.6 is 11.3 Å². The second-order valence-electron chi connectivity index (χ2n) is 5.04. The van der Waals surface area contributed by atoms with Gasteiger partial charge in [-0.25, -0.2) is 4.79 Å². The molecule has 0 aliphatic rings. The van der Waals surface area contributed by atoms with Crippen molar-refractivity contribution in [2.75, 3.05) is 0 Å². The number of amides is 1. The van der Waals surface area contributed by atoms with Crippen LogP contribution in [0.3, 0.4) is 0 Å². The van der Waals surface area contributed by atoms with E-state index in [0.717, 1.165) is 16.7 Å². The maximum Gasteiger partial charge on any atom is 0.352 e. The van der Waals surface area contributed by atoms with E-state index in [0.29, 0.717) is 5.56 Å². The molecule has 0 saturated carbocycles. The summed E-state index contributed by atoms with van der Waals surface area (Å²) in [5.74, 6) is -1.64. The van der Waals surface area contributed by atoms with E-state index in [1.165, 1.54) is 17.4 Å². The van der Waals surface area contributed by atoms with Crippen LogP contribution in [0.5, 0.6) is 0 Å². The minimum absolute atomic E-state index is 0.160. The minimum atomic E-state index is -1.18. The molecule has 1 aromatic carbocycles. The quantitative estimate of drug-likeness (QED) is 0.615. The van der Waals surface area contributed by atoms with Crippen LogP contribution in [0.1, 0.15) is 27.0 Å². The summed E-state index contributed by atoms with van der Waals surface area (Å²) in [6.07, 6.45) is 6.82. The zero-order chi connectivity index (χ0) is 17.5. The van der Waals surface area contributed by atoms with Crippen molar-refractivity contribution in [1.82, 2.24) is 5.32 Å². The van der Waals surface area contributed by atoms with E-state index in [-0.39, 0.29) is 5.70 Å². The molecule has 0 bridgehead atoms. The fraction of sp³-hybridized carbons (Fsp3) is 0.0526. The molecule has 0 aliphatic heterocycles. The van der Waals surface area contributed by atoms with Gasteiger partial charge in [-0.05, 0) is 58.6 Å². The van der Waals surface area contributed by atoms with E-state index in [9.17, 15) is 14.7 Å². The van der Waals surface area contributed by atoms with E-state index in [4.69, 9.17) is 0 Å². The molecule has 4 nitrogen and oxygen atoms in total. The number of carbonyl (C=O) groups is 2. The lowest BCUT2D eigenvalue weighted by Gasteiger charge is -2.08. The van der Waals surface area contributed by atoms with Crippen LogP contribution in [-0.4, -0.2) is 17.0 Å². The van der Waals surface area contributed by atoms with Gasteiger partial charge in [0.05, 0.1) is 0 Å². The molecular formula is C19H17NO3S. The fourth-order valence-corrected chi connectivity index (χ4v) is 2.66. The number of carboxylic acid groups (broad SMARTS) is 1. The summed E-state index contributed by atoms with van der Waals surface area (Å²) in [4.78, 5) is 23.7. The fourth-order valence-electron chi connectivity index (χ4n) is 2.05. The summed E-state index contributed by atoms with van der Waals surface area (Å²) in [7, 11) is 0. The second-order valence-corrected chi connectivity index (χ2v) is 5.82. The largest absolute Gasteiger partial charge is 0.477 e. The smallest absolute Gasteiger partial charge is 0.352 e. The first-order valence-corrected chi connectivity index (χ1v) is 8.14. The van der Waals surface area contributed by atoms with E-state index in [1.54, 1.807) is 29.7 Å². The minimum Gasteiger partial charge on any atom is -0.477 e. The van der Waals surface area contributed by atoms with Gasteiger partial charge in [-0.3, -0.25) is 4.79 Å². The molecule has 1 amide bonds. The van der Waals surface area contributed by atoms with Crippen molar-refractivity contribution in [1.29, 1.82) is 0 Å². The van der Waals surface area contributed by atoms with Crippen molar-refractivity contribution in [2.45, 2.75) is 6.92 Å². The zero-order valence-corrected chi connectivity index (χ0v) is 14.0. The highest BCUT2D eigenvalue weighted by Crippen LogP contribution is 2.14. The molecule has 0 atom stereocenters. The third-order valence-corrected chi connectivity index (χ3v) is 3.98. The zero-order valence-electron chi connectivity index (χ0n) is 13.2. The first kappa shape index (κ1) is 17.4. The standard InChI is InChI=1S/C19H17NO3S/c1-3-4-5-15-6-7-16(10-13(15)2)18(21)20-17(19(22)23)11-14-8-9-24-12-14/h3-12H,1H2,2H3,(H,20,21)(H,22,23)/b5-4-,17-11+. The third kappa shape index (κ3) is 4.54. The lowest BCUT2D eigenvalue weighted by molar-refractivity contribution is -0.132. The van der Waals surface area contributed by atoms with Crippen molar-refractivity contribution < 1.29 is 14.7 Å².